The molecular weight excluding hydrogens is 286 g/mol. The Bertz CT molecular complexity index is 685. The molecule has 3 rings (SSSR count). The van der Waals surface area contributed by atoms with Crippen molar-refractivity contribution in [1.82, 2.24) is 19.9 Å². The first-order valence-electron chi connectivity index (χ1n) is 6.90. The molecule has 1 atom stereocenters. The van der Waals surface area contributed by atoms with Crippen LogP contribution in [0.1, 0.15) is 6.42 Å². The van der Waals surface area contributed by atoms with Crippen LogP contribution >= 0.6 is 0 Å². The van der Waals surface area contributed by atoms with Gasteiger partial charge in [-0.25, -0.2) is 4.79 Å². The van der Waals surface area contributed by atoms with E-state index >= 15 is 0 Å². The molecule has 1 aliphatic rings. The second-order valence-corrected chi connectivity index (χ2v) is 5.05. The number of urea groups is 1. The lowest BCUT2D eigenvalue weighted by Gasteiger charge is -2.15. The van der Waals surface area contributed by atoms with E-state index < -0.39 is 11.9 Å². The molecule has 0 spiro atoms. The van der Waals surface area contributed by atoms with Crippen molar-refractivity contribution in [2.24, 2.45) is 5.92 Å². The maximum Gasteiger partial charge on any atom is 0.323 e. The fourth-order valence-corrected chi connectivity index (χ4v) is 2.34. The lowest BCUT2D eigenvalue weighted by Crippen LogP contribution is -2.33. The van der Waals surface area contributed by atoms with Gasteiger partial charge in [-0.1, -0.05) is 18.2 Å². The van der Waals surface area contributed by atoms with Crippen molar-refractivity contribution in [3.05, 3.63) is 36.5 Å². The van der Waals surface area contributed by atoms with E-state index in [1.54, 1.807) is 0 Å². The van der Waals surface area contributed by atoms with Gasteiger partial charge < -0.3 is 10.0 Å². The molecule has 0 saturated carbocycles. The highest BCUT2D eigenvalue weighted by molar-refractivity contribution is 5.88. The highest BCUT2D eigenvalue weighted by Crippen LogP contribution is 2.17. The molecule has 0 radical (unpaired) electrons. The Kier molecular flexibility index (Phi) is 3.73. The third kappa shape index (κ3) is 2.90. The van der Waals surface area contributed by atoms with Gasteiger partial charge in [-0.05, 0) is 18.6 Å². The smallest absolute Gasteiger partial charge is 0.323 e. The number of hydrogen-bond acceptors (Lipinski definition) is 4. The summed E-state index contributed by atoms with van der Waals surface area (Å²) in [5, 5.41) is 19.8. The second-order valence-electron chi connectivity index (χ2n) is 5.05. The number of carbonyl (C=O) groups excluding carboxylic acids is 1. The van der Waals surface area contributed by atoms with E-state index in [9.17, 15) is 9.59 Å². The molecule has 0 bridgehead atoms. The molecule has 2 aromatic rings. The van der Waals surface area contributed by atoms with Crippen LogP contribution in [0.4, 0.5) is 10.6 Å². The molecule has 1 aromatic heterocycles. The summed E-state index contributed by atoms with van der Waals surface area (Å²) in [6, 6.07) is 8.97. The third-order valence-electron chi connectivity index (χ3n) is 3.54. The van der Waals surface area contributed by atoms with Crippen molar-refractivity contribution < 1.29 is 14.7 Å². The summed E-state index contributed by atoms with van der Waals surface area (Å²) in [5.41, 5.74) is 0.787. The Morgan fingerprint density at radius 3 is 2.73 bits per heavy atom. The molecule has 1 saturated heterocycles. The van der Waals surface area contributed by atoms with Gasteiger partial charge in [-0.15, -0.1) is 9.90 Å². The van der Waals surface area contributed by atoms with E-state index in [2.05, 4.69) is 15.5 Å². The van der Waals surface area contributed by atoms with Crippen LogP contribution in [-0.2, 0) is 4.79 Å². The quantitative estimate of drug-likeness (QED) is 0.887. The zero-order valence-electron chi connectivity index (χ0n) is 11.7. The summed E-state index contributed by atoms with van der Waals surface area (Å²) in [6.07, 6.45) is 1.93. The van der Waals surface area contributed by atoms with Gasteiger partial charge in [-0.2, -0.15) is 5.10 Å². The Labute approximate surface area is 126 Å². The van der Waals surface area contributed by atoms with Crippen molar-refractivity contribution in [2.75, 3.05) is 18.4 Å². The number of para-hydroxylation sites is 1. The molecule has 1 aliphatic heterocycles. The van der Waals surface area contributed by atoms with Crippen molar-refractivity contribution in [3.63, 3.8) is 0 Å². The van der Waals surface area contributed by atoms with E-state index in [0.717, 1.165) is 5.69 Å². The SMILES string of the molecule is O=C(O)C1CCN(C(=O)Nc2cnn(-c3ccccc3)n2)C1. The van der Waals surface area contributed by atoms with Crippen molar-refractivity contribution in [2.45, 2.75) is 6.42 Å². The van der Waals surface area contributed by atoms with Gasteiger partial charge in [0.25, 0.3) is 0 Å². The zero-order chi connectivity index (χ0) is 15.5. The van der Waals surface area contributed by atoms with Crippen LogP contribution in [0.5, 0.6) is 0 Å². The van der Waals surface area contributed by atoms with E-state index in [-0.39, 0.29) is 12.6 Å². The normalized spacial score (nSPS) is 17.5. The van der Waals surface area contributed by atoms with Gasteiger partial charge in [-0.3, -0.25) is 10.1 Å². The molecule has 2 heterocycles. The first kappa shape index (κ1) is 14.1. The van der Waals surface area contributed by atoms with Crippen molar-refractivity contribution >= 4 is 17.8 Å². The Balaban J connectivity index is 1.63. The van der Waals surface area contributed by atoms with Gasteiger partial charge in [0.15, 0.2) is 5.82 Å². The van der Waals surface area contributed by atoms with Gasteiger partial charge in [0.05, 0.1) is 17.8 Å². The molecule has 22 heavy (non-hydrogen) atoms. The third-order valence-corrected chi connectivity index (χ3v) is 3.54. The minimum absolute atomic E-state index is 0.216. The molecular formula is C14H15N5O3. The van der Waals surface area contributed by atoms with E-state index in [1.165, 1.54) is 15.9 Å². The highest BCUT2D eigenvalue weighted by atomic mass is 16.4. The number of carboxylic acid groups (broad SMARTS) is 1. The van der Waals surface area contributed by atoms with Crippen LogP contribution in [0.2, 0.25) is 0 Å². The standard InChI is InChI=1S/C14H15N5O3/c20-13(21)10-6-7-18(9-10)14(22)16-12-8-15-19(17-12)11-4-2-1-3-5-11/h1-5,8,10H,6-7,9H2,(H,20,21)(H,16,17,22). The van der Waals surface area contributed by atoms with E-state index in [0.29, 0.717) is 18.8 Å². The highest BCUT2D eigenvalue weighted by Gasteiger charge is 2.31. The van der Waals surface area contributed by atoms with Crippen LogP contribution in [0, 0.1) is 5.92 Å². The molecule has 8 nitrogen and oxygen atoms in total. The number of carbonyl (C=O) groups is 2. The topological polar surface area (TPSA) is 100 Å². The van der Waals surface area contributed by atoms with Crippen molar-refractivity contribution in [3.8, 4) is 5.69 Å². The predicted molar refractivity (Wildman–Crippen MR) is 77.7 cm³/mol. The molecule has 1 fully saturated rings. The number of benzene rings is 1. The fraction of sp³-hybridized carbons (Fsp3) is 0.286. The molecule has 1 aromatic carbocycles. The van der Waals surface area contributed by atoms with Gasteiger partial charge in [0.1, 0.15) is 0 Å². The lowest BCUT2D eigenvalue weighted by atomic mass is 10.1. The molecule has 1 unspecified atom stereocenters. The number of nitrogens with zero attached hydrogens (tertiary/aromatic N) is 4. The zero-order valence-corrected chi connectivity index (χ0v) is 11.7. The number of aliphatic carboxylic acids is 1. The Hall–Kier alpha value is -2.90. The van der Waals surface area contributed by atoms with Crippen LogP contribution in [-0.4, -0.2) is 50.1 Å². The summed E-state index contributed by atoms with van der Waals surface area (Å²) in [6.45, 7) is 0.642. The maximum atomic E-state index is 12.1. The summed E-state index contributed by atoms with van der Waals surface area (Å²) in [4.78, 5) is 25.9. The minimum Gasteiger partial charge on any atom is -0.481 e. The van der Waals surface area contributed by atoms with Crippen LogP contribution in [0.25, 0.3) is 5.69 Å². The van der Waals surface area contributed by atoms with Crippen LogP contribution < -0.4 is 5.32 Å². The molecule has 2 amide bonds. The maximum absolute atomic E-state index is 12.1. The number of amides is 2. The van der Waals surface area contributed by atoms with Gasteiger partial charge in [0.2, 0.25) is 0 Å². The summed E-state index contributed by atoms with van der Waals surface area (Å²) < 4.78 is 0. The Morgan fingerprint density at radius 2 is 2.05 bits per heavy atom. The fourth-order valence-electron chi connectivity index (χ4n) is 2.34. The number of aromatic nitrogens is 3. The number of likely N-dealkylation sites (tertiary alicyclic amines) is 1. The largest absolute Gasteiger partial charge is 0.481 e. The summed E-state index contributed by atoms with van der Waals surface area (Å²) in [5.74, 6) is -1.04. The average molecular weight is 301 g/mol. The first-order chi connectivity index (χ1) is 10.6. The van der Waals surface area contributed by atoms with E-state index in [4.69, 9.17) is 5.11 Å². The minimum atomic E-state index is -0.870. The summed E-state index contributed by atoms with van der Waals surface area (Å²) in [7, 11) is 0. The number of anilines is 1. The first-order valence-corrected chi connectivity index (χ1v) is 6.90. The number of rotatable bonds is 3. The second kappa shape index (κ2) is 5.84. The predicted octanol–water partition coefficient (Wildman–Crippen LogP) is 1.21. The molecule has 114 valence electrons. The number of carboxylic acids is 1. The van der Waals surface area contributed by atoms with Gasteiger partial charge in [0, 0.05) is 13.1 Å². The van der Waals surface area contributed by atoms with Crippen molar-refractivity contribution in [1.29, 1.82) is 0 Å². The van der Waals surface area contributed by atoms with Crippen LogP contribution in [0.3, 0.4) is 0 Å². The van der Waals surface area contributed by atoms with Gasteiger partial charge >= 0.3 is 12.0 Å². The number of hydrogen-bond donors (Lipinski definition) is 2. The number of nitrogens with one attached hydrogen (secondary N) is 1. The van der Waals surface area contributed by atoms with E-state index in [1.807, 2.05) is 30.3 Å². The molecule has 0 aliphatic carbocycles. The molecule has 2 N–H and O–H groups in total. The monoisotopic (exact) mass is 301 g/mol. The molecule has 8 heteroatoms. The summed E-state index contributed by atoms with van der Waals surface area (Å²) >= 11 is 0. The average Bonchev–Trinajstić information content (AvgIpc) is 3.17. The van der Waals surface area contributed by atoms with Crippen LogP contribution in [0.15, 0.2) is 36.5 Å². The lowest BCUT2D eigenvalue weighted by molar-refractivity contribution is -0.141. The Morgan fingerprint density at radius 1 is 1.27 bits per heavy atom.